The van der Waals surface area contributed by atoms with Crippen molar-refractivity contribution in [2.45, 2.75) is 4.90 Å². The molecule has 0 atom stereocenters. The van der Waals surface area contributed by atoms with Crippen molar-refractivity contribution in [3.8, 4) is 0 Å². The van der Waals surface area contributed by atoms with Gasteiger partial charge in [0.15, 0.2) is 0 Å². The number of carbonyl (C=O) groups excluding carboxylic acids is 1. The van der Waals surface area contributed by atoms with Crippen molar-refractivity contribution in [2.24, 2.45) is 0 Å². The maximum atomic E-state index is 12.8. The number of amides is 1. The Balaban J connectivity index is 1.40. The lowest BCUT2D eigenvalue weighted by atomic mass is 10.3. The minimum absolute atomic E-state index is 0.0946. The predicted octanol–water partition coefficient (Wildman–Crippen LogP) is 3.50. The second-order valence-electron chi connectivity index (χ2n) is 6.51. The van der Waals surface area contributed by atoms with Crippen LogP contribution >= 0.6 is 22.9 Å². The third-order valence-corrected chi connectivity index (χ3v) is 8.08. The first-order valence-corrected chi connectivity index (χ1v) is 11.7. The zero-order valence-electron chi connectivity index (χ0n) is 15.4. The summed E-state index contributed by atoms with van der Waals surface area (Å²) in [5, 5.41) is 0.962. The summed E-state index contributed by atoms with van der Waals surface area (Å²) >= 11 is 7.57. The number of hydrogen-bond donors (Lipinski definition) is 0. The number of rotatable bonds is 4. The van der Waals surface area contributed by atoms with Crippen LogP contribution in [0, 0.1) is 0 Å². The van der Waals surface area contributed by atoms with Crippen molar-refractivity contribution in [3.63, 3.8) is 0 Å². The van der Waals surface area contributed by atoms with Crippen molar-refractivity contribution in [1.82, 2.24) is 14.2 Å². The molecular weight excluding hydrogens is 430 g/mol. The third-order valence-electron chi connectivity index (χ3n) is 4.68. The van der Waals surface area contributed by atoms with Crippen LogP contribution in [0.2, 0.25) is 5.02 Å². The van der Waals surface area contributed by atoms with Gasteiger partial charge in [-0.2, -0.15) is 4.31 Å². The van der Waals surface area contributed by atoms with E-state index in [0.717, 1.165) is 15.2 Å². The number of thiazole rings is 1. The van der Waals surface area contributed by atoms with E-state index in [0.29, 0.717) is 13.1 Å². The molecule has 29 heavy (non-hydrogen) atoms. The summed E-state index contributed by atoms with van der Waals surface area (Å²) in [6.07, 6.45) is 3.20. The van der Waals surface area contributed by atoms with Crippen LogP contribution in [0.1, 0.15) is 5.01 Å². The fraction of sp³-hybridized carbons (Fsp3) is 0.200. The number of carbonyl (C=O) groups is 1. The monoisotopic (exact) mass is 447 g/mol. The lowest BCUT2D eigenvalue weighted by Crippen LogP contribution is -2.50. The highest BCUT2D eigenvalue weighted by atomic mass is 35.5. The highest BCUT2D eigenvalue weighted by Gasteiger charge is 2.30. The van der Waals surface area contributed by atoms with Gasteiger partial charge in [-0.05, 0) is 30.3 Å². The van der Waals surface area contributed by atoms with E-state index in [1.807, 2.05) is 24.3 Å². The number of aromatic nitrogens is 1. The van der Waals surface area contributed by atoms with E-state index < -0.39 is 10.0 Å². The van der Waals surface area contributed by atoms with Crippen LogP contribution in [0.5, 0.6) is 0 Å². The molecule has 0 N–H and O–H groups in total. The Hall–Kier alpha value is -2.26. The first-order valence-electron chi connectivity index (χ1n) is 9.02. The van der Waals surface area contributed by atoms with Gasteiger partial charge in [0, 0.05) is 32.3 Å². The van der Waals surface area contributed by atoms with Gasteiger partial charge in [0.25, 0.3) is 0 Å². The summed E-state index contributed by atoms with van der Waals surface area (Å²) in [5.74, 6) is -0.154. The van der Waals surface area contributed by atoms with Crippen LogP contribution in [0.3, 0.4) is 0 Å². The number of piperazine rings is 1. The molecule has 1 aliphatic heterocycles. The summed E-state index contributed by atoms with van der Waals surface area (Å²) in [6, 6.07) is 14.2. The standard InChI is InChI=1S/C20H18ClN3O3S2/c21-15-5-1-4-8-18(15)29(26,27)24-13-11-23(12-14-24)20(25)10-9-19-22-16-6-2-3-7-17(16)28-19/h1-10H,11-14H2. The Morgan fingerprint density at radius 2 is 1.72 bits per heavy atom. The van der Waals surface area contributed by atoms with Crippen LogP contribution in [0.4, 0.5) is 0 Å². The van der Waals surface area contributed by atoms with Crippen LogP contribution in [-0.4, -0.2) is 54.7 Å². The molecule has 0 aliphatic carbocycles. The van der Waals surface area contributed by atoms with Gasteiger partial charge in [-0.25, -0.2) is 13.4 Å². The van der Waals surface area contributed by atoms with E-state index in [4.69, 9.17) is 11.6 Å². The molecule has 1 amide bonds. The SMILES string of the molecule is O=C(C=Cc1nc2ccccc2s1)N1CCN(S(=O)(=O)c2ccccc2Cl)CC1. The lowest BCUT2D eigenvalue weighted by Gasteiger charge is -2.33. The molecule has 1 aliphatic rings. The van der Waals surface area contributed by atoms with Gasteiger partial charge in [0.1, 0.15) is 9.90 Å². The van der Waals surface area contributed by atoms with Crippen LogP contribution in [0.15, 0.2) is 59.5 Å². The smallest absolute Gasteiger partial charge is 0.246 e. The number of hydrogen-bond acceptors (Lipinski definition) is 5. The molecule has 1 aromatic heterocycles. The average Bonchev–Trinajstić information content (AvgIpc) is 3.15. The molecule has 3 aromatic rings. The molecule has 0 unspecified atom stereocenters. The molecule has 1 saturated heterocycles. The maximum Gasteiger partial charge on any atom is 0.246 e. The minimum atomic E-state index is -3.67. The number of halogens is 1. The Morgan fingerprint density at radius 1 is 1.03 bits per heavy atom. The van der Waals surface area contributed by atoms with Gasteiger partial charge in [0.2, 0.25) is 15.9 Å². The number of nitrogens with zero attached hydrogens (tertiary/aromatic N) is 3. The quantitative estimate of drug-likeness (QED) is 0.574. The van der Waals surface area contributed by atoms with Gasteiger partial charge < -0.3 is 4.90 Å². The van der Waals surface area contributed by atoms with E-state index in [1.54, 1.807) is 29.2 Å². The predicted molar refractivity (Wildman–Crippen MR) is 115 cm³/mol. The molecule has 2 aromatic carbocycles. The van der Waals surface area contributed by atoms with Crippen LogP contribution < -0.4 is 0 Å². The molecule has 4 rings (SSSR count). The van der Waals surface area contributed by atoms with Crippen molar-refractivity contribution >= 4 is 55.2 Å². The molecule has 0 saturated carbocycles. The normalized spacial score (nSPS) is 16.0. The molecule has 0 bridgehead atoms. The van der Waals surface area contributed by atoms with Crippen LogP contribution in [-0.2, 0) is 14.8 Å². The van der Waals surface area contributed by atoms with Gasteiger partial charge >= 0.3 is 0 Å². The number of fused-ring (bicyclic) bond motifs is 1. The zero-order chi connectivity index (χ0) is 20.4. The van der Waals surface area contributed by atoms with Crippen molar-refractivity contribution in [2.75, 3.05) is 26.2 Å². The lowest BCUT2D eigenvalue weighted by molar-refractivity contribution is -0.127. The largest absolute Gasteiger partial charge is 0.337 e. The molecule has 9 heteroatoms. The zero-order valence-corrected chi connectivity index (χ0v) is 17.8. The van der Waals surface area contributed by atoms with Gasteiger partial charge in [0.05, 0.1) is 15.2 Å². The molecule has 0 spiro atoms. The fourth-order valence-corrected chi connectivity index (χ4v) is 5.94. The summed E-state index contributed by atoms with van der Waals surface area (Å²) < 4.78 is 28.0. The Kier molecular flexibility index (Phi) is 5.69. The van der Waals surface area contributed by atoms with Gasteiger partial charge in [-0.3, -0.25) is 4.79 Å². The van der Waals surface area contributed by atoms with E-state index in [-0.39, 0.29) is 28.9 Å². The van der Waals surface area contributed by atoms with Crippen LogP contribution in [0.25, 0.3) is 16.3 Å². The highest BCUT2D eigenvalue weighted by molar-refractivity contribution is 7.89. The molecule has 0 radical (unpaired) electrons. The van der Waals surface area contributed by atoms with Crippen molar-refractivity contribution in [3.05, 3.63) is 64.6 Å². The topological polar surface area (TPSA) is 70.6 Å². The highest BCUT2D eigenvalue weighted by Crippen LogP contribution is 2.25. The van der Waals surface area contributed by atoms with Gasteiger partial charge in [-0.15, -0.1) is 11.3 Å². The summed E-state index contributed by atoms with van der Waals surface area (Å²) in [7, 11) is -3.67. The van der Waals surface area contributed by atoms with E-state index in [2.05, 4.69) is 4.98 Å². The summed E-state index contributed by atoms with van der Waals surface area (Å²) in [6.45, 7) is 1.11. The fourth-order valence-electron chi connectivity index (χ4n) is 3.15. The first-order chi connectivity index (χ1) is 13.9. The minimum Gasteiger partial charge on any atom is -0.337 e. The molecule has 1 fully saturated rings. The summed E-state index contributed by atoms with van der Waals surface area (Å²) in [4.78, 5) is 18.7. The average molecular weight is 448 g/mol. The van der Waals surface area contributed by atoms with E-state index in [1.165, 1.54) is 27.8 Å². The number of sulfonamides is 1. The first kappa shape index (κ1) is 20.0. The summed E-state index contributed by atoms with van der Waals surface area (Å²) in [5.41, 5.74) is 0.906. The molecule has 2 heterocycles. The third kappa shape index (κ3) is 4.20. The number of benzene rings is 2. The maximum absolute atomic E-state index is 12.8. The van der Waals surface area contributed by atoms with Crippen molar-refractivity contribution < 1.29 is 13.2 Å². The molecular formula is C20H18ClN3O3S2. The Morgan fingerprint density at radius 3 is 2.45 bits per heavy atom. The second kappa shape index (κ2) is 8.23. The molecule has 6 nitrogen and oxygen atoms in total. The Bertz CT molecular complexity index is 1150. The second-order valence-corrected chi connectivity index (χ2v) is 9.89. The molecule has 150 valence electrons. The number of para-hydroxylation sites is 1. The van der Waals surface area contributed by atoms with Gasteiger partial charge in [-0.1, -0.05) is 35.9 Å². The van der Waals surface area contributed by atoms with E-state index >= 15 is 0 Å². The van der Waals surface area contributed by atoms with E-state index in [9.17, 15) is 13.2 Å². The van der Waals surface area contributed by atoms with Crippen molar-refractivity contribution in [1.29, 1.82) is 0 Å². The Labute approximate surface area is 178 Å².